The molecule has 4 heteroatoms. The van der Waals surface area contributed by atoms with E-state index in [4.69, 9.17) is 10.00 Å². The topological polar surface area (TPSA) is 62.1 Å². The van der Waals surface area contributed by atoms with Crippen LogP contribution in [-0.4, -0.2) is 19.6 Å². The van der Waals surface area contributed by atoms with Gasteiger partial charge in [-0.3, -0.25) is 4.79 Å². The first kappa shape index (κ1) is 13.0. The summed E-state index contributed by atoms with van der Waals surface area (Å²) >= 11 is 0. The van der Waals surface area contributed by atoms with Crippen LogP contribution in [0.1, 0.15) is 16.7 Å². The lowest BCUT2D eigenvalue weighted by molar-refractivity contribution is -0.120. The van der Waals surface area contributed by atoms with Gasteiger partial charge < -0.3 is 10.1 Å². The summed E-state index contributed by atoms with van der Waals surface area (Å²) in [6, 6.07) is 5.62. The van der Waals surface area contributed by atoms with Crippen LogP contribution in [0.25, 0.3) is 0 Å². The molecular formula is C13H16N2O2. The van der Waals surface area contributed by atoms with E-state index in [1.165, 1.54) is 0 Å². The molecule has 1 aromatic carbocycles. The Hall–Kier alpha value is -2.02. The number of carbonyl (C=O) groups is 1. The first-order valence-electron chi connectivity index (χ1n) is 5.37. The van der Waals surface area contributed by atoms with Crippen LogP contribution in [-0.2, 0) is 11.2 Å². The summed E-state index contributed by atoms with van der Waals surface area (Å²) in [5, 5.41) is 10.9. The number of nitrogens with one attached hydrogen (secondary N) is 1. The maximum Gasteiger partial charge on any atom is 0.225 e. The fourth-order valence-corrected chi connectivity index (χ4v) is 1.64. The van der Waals surface area contributed by atoms with Gasteiger partial charge in [-0.15, -0.1) is 0 Å². The molecule has 0 aliphatic rings. The lowest BCUT2D eigenvalue weighted by Gasteiger charge is -2.12. The smallest absolute Gasteiger partial charge is 0.225 e. The third-order valence-electron chi connectivity index (χ3n) is 2.79. The average Bonchev–Trinajstić information content (AvgIpc) is 2.33. The highest BCUT2D eigenvalue weighted by atomic mass is 16.5. The van der Waals surface area contributed by atoms with Gasteiger partial charge in [-0.2, -0.15) is 5.26 Å². The van der Waals surface area contributed by atoms with Gasteiger partial charge in [0.15, 0.2) is 0 Å². The van der Waals surface area contributed by atoms with E-state index >= 15 is 0 Å². The molecule has 0 spiro atoms. The van der Waals surface area contributed by atoms with Crippen LogP contribution >= 0.6 is 0 Å². The van der Waals surface area contributed by atoms with Gasteiger partial charge in [-0.25, -0.2) is 0 Å². The van der Waals surface area contributed by atoms with E-state index < -0.39 is 0 Å². The van der Waals surface area contributed by atoms with Crippen molar-refractivity contribution < 1.29 is 9.53 Å². The van der Waals surface area contributed by atoms with Crippen LogP contribution in [0, 0.1) is 25.2 Å². The summed E-state index contributed by atoms with van der Waals surface area (Å²) in [6.45, 7) is 3.97. The number of amides is 1. The molecule has 1 amide bonds. The highest BCUT2D eigenvalue weighted by Crippen LogP contribution is 2.24. The molecule has 0 saturated carbocycles. The molecule has 4 nitrogen and oxygen atoms in total. The maximum absolute atomic E-state index is 11.5. The Kier molecular flexibility index (Phi) is 4.53. The largest absolute Gasteiger partial charge is 0.496 e. The second-order valence-electron chi connectivity index (χ2n) is 3.79. The van der Waals surface area contributed by atoms with E-state index in [0.29, 0.717) is 6.42 Å². The molecule has 0 unspecified atom stereocenters. The van der Waals surface area contributed by atoms with Crippen LogP contribution in [0.3, 0.4) is 0 Å². The van der Waals surface area contributed by atoms with Gasteiger partial charge in [-0.05, 0) is 36.6 Å². The Bertz CT molecular complexity index is 461. The van der Waals surface area contributed by atoms with Crippen molar-refractivity contribution in [2.45, 2.75) is 20.3 Å². The van der Waals surface area contributed by atoms with Gasteiger partial charge >= 0.3 is 0 Å². The molecule has 0 atom stereocenters. The van der Waals surface area contributed by atoms with E-state index in [2.05, 4.69) is 5.32 Å². The fraction of sp³-hybridized carbons (Fsp3) is 0.385. The number of benzene rings is 1. The molecule has 0 fully saturated rings. The molecular weight excluding hydrogens is 216 g/mol. The summed E-state index contributed by atoms with van der Waals surface area (Å²) < 4.78 is 5.21. The van der Waals surface area contributed by atoms with Crippen molar-refractivity contribution in [1.29, 1.82) is 5.26 Å². The Morgan fingerprint density at radius 2 is 2.12 bits per heavy atom. The zero-order valence-corrected chi connectivity index (χ0v) is 10.3. The van der Waals surface area contributed by atoms with Crippen molar-refractivity contribution in [2.75, 3.05) is 13.7 Å². The van der Waals surface area contributed by atoms with Crippen LogP contribution in [0.5, 0.6) is 5.75 Å². The van der Waals surface area contributed by atoms with Crippen molar-refractivity contribution in [3.63, 3.8) is 0 Å². The monoisotopic (exact) mass is 232 g/mol. The minimum atomic E-state index is -0.140. The van der Waals surface area contributed by atoms with E-state index in [1.54, 1.807) is 7.11 Å². The molecule has 17 heavy (non-hydrogen) atoms. The predicted octanol–water partition coefficient (Wildman–Crippen LogP) is 1.49. The third kappa shape index (κ3) is 3.22. The van der Waals surface area contributed by atoms with Gasteiger partial charge in [-0.1, -0.05) is 6.07 Å². The molecule has 0 bridgehead atoms. The molecule has 90 valence electrons. The summed E-state index contributed by atoms with van der Waals surface area (Å²) in [4.78, 5) is 11.5. The number of nitrogens with zero attached hydrogens (tertiary/aromatic N) is 1. The highest BCUT2D eigenvalue weighted by Gasteiger charge is 2.09. The van der Waals surface area contributed by atoms with Crippen molar-refractivity contribution >= 4 is 5.91 Å². The lowest BCUT2D eigenvalue weighted by Crippen LogP contribution is -2.25. The lowest BCUT2D eigenvalue weighted by atomic mass is 10.00. The highest BCUT2D eigenvalue weighted by molar-refractivity contribution is 5.79. The molecule has 0 aliphatic heterocycles. The number of ether oxygens (including phenoxy) is 1. The molecule has 0 saturated heterocycles. The normalized spacial score (nSPS) is 9.53. The summed E-state index contributed by atoms with van der Waals surface area (Å²) in [7, 11) is 1.63. The van der Waals surface area contributed by atoms with E-state index in [0.717, 1.165) is 22.4 Å². The molecule has 1 rings (SSSR count). The summed E-state index contributed by atoms with van der Waals surface area (Å²) in [5.74, 6) is 0.683. The van der Waals surface area contributed by atoms with Crippen LogP contribution in [0.15, 0.2) is 12.1 Å². The minimum Gasteiger partial charge on any atom is -0.496 e. The zero-order valence-electron chi connectivity index (χ0n) is 10.3. The minimum absolute atomic E-state index is 0.0486. The summed E-state index contributed by atoms with van der Waals surface area (Å²) in [6.07, 6.45) is 0.290. The van der Waals surface area contributed by atoms with Gasteiger partial charge in [0.05, 0.1) is 19.6 Å². The second kappa shape index (κ2) is 5.90. The van der Waals surface area contributed by atoms with Crippen molar-refractivity contribution in [3.05, 3.63) is 28.8 Å². The predicted molar refractivity (Wildman–Crippen MR) is 64.8 cm³/mol. The number of carbonyl (C=O) groups excluding carboxylic acids is 1. The first-order valence-corrected chi connectivity index (χ1v) is 5.37. The van der Waals surface area contributed by atoms with Crippen molar-refractivity contribution in [3.8, 4) is 11.8 Å². The van der Waals surface area contributed by atoms with Crippen LogP contribution in [0.4, 0.5) is 0 Å². The molecule has 0 radical (unpaired) electrons. The number of hydrogen-bond acceptors (Lipinski definition) is 3. The standard InChI is InChI=1S/C13H16N2O2/c1-9-10(2)12(17-3)5-4-11(9)8-13(16)15-7-6-14/h4-5H,7-8H2,1-3H3,(H,15,16). The van der Waals surface area contributed by atoms with E-state index in [1.807, 2.05) is 32.0 Å². The van der Waals surface area contributed by atoms with E-state index in [-0.39, 0.29) is 12.5 Å². The molecule has 0 heterocycles. The quantitative estimate of drug-likeness (QED) is 0.800. The van der Waals surface area contributed by atoms with E-state index in [9.17, 15) is 4.79 Å². The molecule has 1 N–H and O–H groups in total. The van der Waals surface area contributed by atoms with Gasteiger partial charge in [0.25, 0.3) is 0 Å². The number of nitriles is 1. The molecule has 0 aliphatic carbocycles. The Morgan fingerprint density at radius 3 is 2.71 bits per heavy atom. The number of methoxy groups -OCH3 is 1. The Labute approximate surface area is 101 Å². The van der Waals surface area contributed by atoms with Gasteiger partial charge in [0, 0.05) is 0 Å². The molecule has 1 aromatic rings. The van der Waals surface area contributed by atoms with Crippen LogP contribution in [0.2, 0.25) is 0 Å². The van der Waals surface area contributed by atoms with Crippen molar-refractivity contribution in [2.24, 2.45) is 0 Å². The SMILES string of the molecule is COc1ccc(CC(=O)NCC#N)c(C)c1C. The maximum atomic E-state index is 11.5. The van der Waals surface area contributed by atoms with Gasteiger partial charge in [0.1, 0.15) is 12.3 Å². The number of hydrogen-bond donors (Lipinski definition) is 1. The zero-order chi connectivity index (χ0) is 12.8. The Balaban J connectivity index is 2.83. The second-order valence-corrected chi connectivity index (χ2v) is 3.79. The Morgan fingerprint density at radius 1 is 1.41 bits per heavy atom. The average molecular weight is 232 g/mol. The summed E-state index contributed by atoms with van der Waals surface area (Å²) in [5.41, 5.74) is 3.05. The third-order valence-corrected chi connectivity index (χ3v) is 2.79. The van der Waals surface area contributed by atoms with Crippen LogP contribution < -0.4 is 10.1 Å². The molecule has 0 aromatic heterocycles. The fourth-order valence-electron chi connectivity index (χ4n) is 1.64. The van der Waals surface area contributed by atoms with Crippen molar-refractivity contribution in [1.82, 2.24) is 5.32 Å². The first-order chi connectivity index (χ1) is 8.10. The van der Waals surface area contributed by atoms with Gasteiger partial charge in [0.2, 0.25) is 5.91 Å². The number of rotatable bonds is 4.